The van der Waals surface area contributed by atoms with Gasteiger partial charge in [0.25, 0.3) is 5.91 Å². The van der Waals surface area contributed by atoms with Crippen molar-refractivity contribution in [3.05, 3.63) is 95.6 Å². The van der Waals surface area contributed by atoms with Crippen LogP contribution in [-0.4, -0.2) is 19.0 Å². The molecule has 1 atom stereocenters. The first-order chi connectivity index (χ1) is 13.2. The van der Waals surface area contributed by atoms with Gasteiger partial charge in [0.15, 0.2) is 0 Å². The Balaban J connectivity index is 1.83. The molecule has 0 N–H and O–H groups in total. The van der Waals surface area contributed by atoms with Crippen LogP contribution in [0.1, 0.15) is 32.5 Å². The third-order valence-corrected chi connectivity index (χ3v) is 4.34. The molecule has 132 valence electrons. The average molecular weight is 357 g/mol. The Kier molecular flexibility index (Phi) is 4.23. The Hall–Kier alpha value is -3.78. The Morgan fingerprint density at radius 3 is 2.56 bits per heavy atom. The van der Waals surface area contributed by atoms with E-state index in [9.17, 15) is 9.59 Å². The van der Waals surface area contributed by atoms with E-state index in [0.717, 1.165) is 0 Å². The van der Waals surface area contributed by atoms with Gasteiger partial charge in [-0.25, -0.2) is 4.79 Å². The molecule has 0 aromatic heterocycles. The molecule has 27 heavy (non-hydrogen) atoms. The number of ether oxygens (including phenoxy) is 2. The van der Waals surface area contributed by atoms with E-state index in [4.69, 9.17) is 9.47 Å². The van der Waals surface area contributed by atoms with Gasteiger partial charge in [-0.15, -0.1) is 0 Å². The van der Waals surface area contributed by atoms with Crippen LogP contribution in [0.2, 0.25) is 0 Å². The number of fused-ring (bicyclic) bond motifs is 1. The highest BCUT2D eigenvalue weighted by molar-refractivity contribution is 6.11. The number of cyclic esters (lactones) is 1. The molecule has 3 aromatic carbocycles. The molecule has 4 rings (SSSR count). The van der Waals surface area contributed by atoms with E-state index in [1.807, 2.05) is 0 Å². The molecule has 1 heterocycles. The quantitative estimate of drug-likeness (QED) is 0.669. The van der Waals surface area contributed by atoms with E-state index >= 15 is 0 Å². The monoisotopic (exact) mass is 357 g/mol. The third kappa shape index (κ3) is 2.98. The molecule has 5 nitrogen and oxygen atoms in total. The van der Waals surface area contributed by atoms with Crippen LogP contribution in [-0.2, 0) is 4.74 Å². The number of esters is 1. The van der Waals surface area contributed by atoms with Crippen LogP contribution in [0.5, 0.6) is 5.75 Å². The Morgan fingerprint density at radius 2 is 1.85 bits per heavy atom. The highest BCUT2D eigenvalue weighted by Gasteiger charge is 2.38. The van der Waals surface area contributed by atoms with Crippen molar-refractivity contribution in [1.29, 1.82) is 0 Å². The molecule has 3 aromatic rings. The average Bonchev–Trinajstić information content (AvgIpc) is 2.74. The molecule has 1 aliphatic heterocycles. The zero-order chi connectivity index (χ0) is 18.8. The van der Waals surface area contributed by atoms with Crippen molar-refractivity contribution in [2.45, 2.75) is 6.23 Å². The minimum Gasteiger partial charge on any atom is -0.497 e. The number of hydrogen-bond donors (Lipinski definition) is 0. The Bertz CT molecular complexity index is 983. The molecule has 0 spiro atoms. The van der Waals surface area contributed by atoms with Crippen molar-refractivity contribution < 1.29 is 19.1 Å². The van der Waals surface area contributed by atoms with Crippen molar-refractivity contribution in [3.8, 4) is 5.75 Å². The maximum atomic E-state index is 13.2. The lowest BCUT2D eigenvalue weighted by Crippen LogP contribution is -2.41. The SMILES string of the molecule is COc1ccc(C2OC(=O)c3ccccc3N2C(=O)c2c#cccc2)cc1. The molecule has 0 saturated heterocycles. The third-order valence-electron chi connectivity index (χ3n) is 4.34. The molecule has 1 amide bonds. The number of methoxy groups -OCH3 is 1. The van der Waals surface area contributed by atoms with Gasteiger partial charge in [0, 0.05) is 5.56 Å². The summed E-state index contributed by atoms with van der Waals surface area (Å²) in [5, 5.41) is 0. The second-order valence-electron chi connectivity index (χ2n) is 5.93. The lowest BCUT2D eigenvalue weighted by Gasteiger charge is -2.36. The summed E-state index contributed by atoms with van der Waals surface area (Å²) in [5.74, 6) is -0.128. The number of carbonyl (C=O) groups excluding carboxylic acids is 2. The van der Waals surface area contributed by atoms with Crippen molar-refractivity contribution in [3.63, 3.8) is 0 Å². The van der Waals surface area contributed by atoms with Crippen molar-refractivity contribution in [1.82, 2.24) is 0 Å². The smallest absolute Gasteiger partial charge is 0.342 e. The van der Waals surface area contributed by atoms with Gasteiger partial charge in [0.05, 0.1) is 23.9 Å². The summed E-state index contributed by atoms with van der Waals surface area (Å²) >= 11 is 0. The highest BCUT2D eigenvalue weighted by atomic mass is 16.6. The fourth-order valence-corrected chi connectivity index (χ4v) is 3.01. The molecule has 0 bridgehead atoms. The van der Waals surface area contributed by atoms with E-state index < -0.39 is 12.2 Å². The van der Waals surface area contributed by atoms with Crippen molar-refractivity contribution >= 4 is 17.6 Å². The molecule has 0 radical (unpaired) electrons. The molecule has 1 aliphatic rings. The molecule has 0 fully saturated rings. The van der Waals surface area contributed by atoms with Gasteiger partial charge in [0.1, 0.15) is 5.75 Å². The summed E-state index contributed by atoms with van der Waals surface area (Å²) in [6, 6.07) is 24.6. The zero-order valence-electron chi connectivity index (χ0n) is 14.5. The number of carbonyl (C=O) groups is 2. The van der Waals surface area contributed by atoms with Crippen LogP contribution in [0.25, 0.3) is 0 Å². The van der Waals surface area contributed by atoms with Gasteiger partial charge in [-0.3, -0.25) is 9.69 Å². The lowest BCUT2D eigenvalue weighted by molar-refractivity contribution is 0.0249. The number of para-hydroxylation sites is 1. The van der Waals surface area contributed by atoms with Crippen molar-refractivity contribution in [2.24, 2.45) is 0 Å². The van der Waals surface area contributed by atoms with Gasteiger partial charge in [-0.1, -0.05) is 30.3 Å². The van der Waals surface area contributed by atoms with Gasteiger partial charge >= 0.3 is 5.97 Å². The predicted octanol–water partition coefficient (Wildman–Crippen LogP) is 3.81. The molecular formula is C22H15NO4. The van der Waals surface area contributed by atoms with Gasteiger partial charge in [0.2, 0.25) is 6.23 Å². The minimum absolute atomic E-state index is 0.326. The summed E-state index contributed by atoms with van der Waals surface area (Å²) in [6.45, 7) is 0. The summed E-state index contributed by atoms with van der Waals surface area (Å²) in [7, 11) is 1.57. The molecule has 0 saturated carbocycles. The summed E-state index contributed by atoms with van der Waals surface area (Å²) in [6.07, 6.45) is -0.889. The fourth-order valence-electron chi connectivity index (χ4n) is 3.01. The summed E-state index contributed by atoms with van der Waals surface area (Å²) in [4.78, 5) is 27.2. The number of benzene rings is 2. The topological polar surface area (TPSA) is 55.8 Å². The zero-order valence-corrected chi connectivity index (χ0v) is 14.5. The molecule has 0 aliphatic carbocycles. The highest BCUT2D eigenvalue weighted by Crippen LogP contribution is 2.38. The molecule has 1 unspecified atom stereocenters. The number of hydrogen-bond acceptors (Lipinski definition) is 4. The fraction of sp³-hybridized carbons (Fsp3) is 0.0909. The van der Waals surface area contributed by atoms with E-state index in [1.165, 1.54) is 4.90 Å². The van der Waals surface area contributed by atoms with E-state index in [-0.39, 0.29) is 5.91 Å². The van der Waals surface area contributed by atoms with Crippen LogP contribution in [0, 0.1) is 12.1 Å². The first-order valence-corrected chi connectivity index (χ1v) is 8.35. The normalized spacial score (nSPS) is 15.4. The lowest BCUT2D eigenvalue weighted by atomic mass is 10.0. The standard InChI is InChI=1S/C22H15NO4/c1-26-17-13-11-16(12-14-17)21-23(20(24)15-7-3-2-4-8-15)19-10-6-5-9-18(19)22(25)27-21/h2-3,5-7,9-14,21H,1H3. The molecule has 5 heteroatoms. The van der Waals surface area contributed by atoms with E-state index in [0.29, 0.717) is 28.1 Å². The summed E-state index contributed by atoms with van der Waals surface area (Å²) in [5.41, 5.74) is 1.84. The second kappa shape index (κ2) is 6.85. The van der Waals surface area contributed by atoms with Gasteiger partial charge in [-0.05, 0) is 48.5 Å². The number of nitrogens with zero attached hydrogens (tertiary/aromatic N) is 1. The summed E-state index contributed by atoms with van der Waals surface area (Å²) < 4.78 is 10.8. The van der Waals surface area contributed by atoms with E-state index in [1.54, 1.807) is 73.8 Å². The maximum absolute atomic E-state index is 13.2. The molecular weight excluding hydrogens is 342 g/mol. The second-order valence-corrected chi connectivity index (χ2v) is 5.93. The maximum Gasteiger partial charge on any atom is 0.342 e. The first-order valence-electron chi connectivity index (χ1n) is 8.35. The Labute approximate surface area is 156 Å². The predicted molar refractivity (Wildman–Crippen MR) is 98.5 cm³/mol. The van der Waals surface area contributed by atoms with Crippen molar-refractivity contribution in [2.75, 3.05) is 12.0 Å². The van der Waals surface area contributed by atoms with Crippen LogP contribution in [0.3, 0.4) is 0 Å². The number of rotatable bonds is 3. The van der Waals surface area contributed by atoms with Crippen LogP contribution >= 0.6 is 0 Å². The van der Waals surface area contributed by atoms with Gasteiger partial charge in [-0.2, -0.15) is 0 Å². The Morgan fingerprint density at radius 1 is 1.07 bits per heavy atom. The van der Waals surface area contributed by atoms with Gasteiger partial charge < -0.3 is 9.47 Å². The van der Waals surface area contributed by atoms with Crippen LogP contribution in [0.4, 0.5) is 5.69 Å². The first kappa shape index (κ1) is 16.7. The largest absolute Gasteiger partial charge is 0.497 e. The van der Waals surface area contributed by atoms with Crippen LogP contribution in [0.15, 0.2) is 66.7 Å². The minimum atomic E-state index is -0.889. The van der Waals surface area contributed by atoms with E-state index in [2.05, 4.69) is 12.1 Å². The van der Waals surface area contributed by atoms with Crippen LogP contribution < -0.4 is 9.64 Å². The number of amides is 1. The number of anilines is 1.